The molecule has 0 amide bonds. The van der Waals surface area contributed by atoms with Gasteiger partial charge in [-0.25, -0.2) is 18.1 Å². The predicted octanol–water partition coefficient (Wildman–Crippen LogP) is 0.860. The van der Waals surface area contributed by atoms with Crippen molar-refractivity contribution in [3.8, 4) is 17.1 Å². The average molecular weight is 440 g/mol. The van der Waals surface area contributed by atoms with Gasteiger partial charge in [-0.1, -0.05) is 18.2 Å². The molecule has 1 aromatic carbocycles. The minimum atomic E-state index is -3.08. The molecule has 0 spiro atoms. The van der Waals surface area contributed by atoms with Gasteiger partial charge in [0.2, 0.25) is 5.43 Å². The molecule has 0 aliphatic rings. The van der Waals surface area contributed by atoms with Gasteiger partial charge in [0.15, 0.2) is 5.82 Å². The van der Waals surface area contributed by atoms with E-state index < -0.39 is 9.84 Å². The predicted molar refractivity (Wildman–Crippen MR) is 115 cm³/mol. The van der Waals surface area contributed by atoms with E-state index in [-0.39, 0.29) is 17.7 Å². The van der Waals surface area contributed by atoms with Crippen molar-refractivity contribution in [3.63, 3.8) is 0 Å². The molecule has 31 heavy (non-hydrogen) atoms. The van der Waals surface area contributed by atoms with Gasteiger partial charge >= 0.3 is 0 Å². The van der Waals surface area contributed by atoms with Crippen LogP contribution in [0.2, 0.25) is 0 Å². The van der Waals surface area contributed by atoms with Crippen LogP contribution < -0.4 is 5.43 Å². The Morgan fingerprint density at radius 2 is 1.97 bits per heavy atom. The molecular formula is C20H21N7O3S. The molecule has 0 aliphatic carbocycles. The summed E-state index contributed by atoms with van der Waals surface area (Å²) < 4.78 is 27.5. The van der Waals surface area contributed by atoms with E-state index in [1.807, 2.05) is 37.5 Å². The van der Waals surface area contributed by atoms with Gasteiger partial charge in [-0.3, -0.25) is 14.2 Å². The van der Waals surface area contributed by atoms with Crippen LogP contribution in [0.15, 0.2) is 60.0 Å². The van der Waals surface area contributed by atoms with Crippen molar-refractivity contribution in [1.82, 2.24) is 34.3 Å². The maximum Gasteiger partial charge on any atom is 0.203 e. The molecule has 0 radical (unpaired) electrons. The quantitative estimate of drug-likeness (QED) is 0.419. The first-order valence-corrected chi connectivity index (χ1v) is 11.6. The first-order valence-electron chi connectivity index (χ1n) is 9.51. The lowest BCUT2D eigenvalue weighted by Gasteiger charge is -2.06. The van der Waals surface area contributed by atoms with Crippen LogP contribution >= 0.6 is 0 Å². The summed E-state index contributed by atoms with van der Waals surface area (Å²) in [5.41, 5.74) is 2.70. The minimum absolute atomic E-state index is 0.00126. The topological polar surface area (TPSA) is 118 Å². The third-order valence-electron chi connectivity index (χ3n) is 4.62. The molecule has 0 bridgehead atoms. The standard InChI is InChI=1S/C20H21N7O3S/c1-25-13-17(12-22-25)27-7-6-19(28)18(23-27)11-15-4-3-5-16(10-15)20-21-14-26(24-20)8-9-31(2,29)30/h3-7,10,12-14H,8-9,11H2,1-2H3. The second-order valence-corrected chi connectivity index (χ2v) is 9.54. The third kappa shape index (κ3) is 5.12. The summed E-state index contributed by atoms with van der Waals surface area (Å²) in [6.07, 6.45) is 8.16. The van der Waals surface area contributed by atoms with Gasteiger partial charge in [-0.05, 0) is 11.6 Å². The first-order chi connectivity index (χ1) is 14.8. The third-order valence-corrected chi connectivity index (χ3v) is 5.54. The second kappa shape index (κ2) is 8.26. The van der Waals surface area contributed by atoms with E-state index in [0.29, 0.717) is 17.9 Å². The first kappa shape index (κ1) is 20.7. The van der Waals surface area contributed by atoms with Gasteiger partial charge in [-0.2, -0.15) is 15.3 Å². The summed E-state index contributed by atoms with van der Waals surface area (Å²) in [7, 11) is -1.26. The van der Waals surface area contributed by atoms with E-state index in [1.54, 1.807) is 21.8 Å². The highest BCUT2D eigenvalue weighted by Crippen LogP contribution is 2.17. The zero-order chi connectivity index (χ0) is 22.0. The average Bonchev–Trinajstić information content (AvgIpc) is 3.37. The van der Waals surface area contributed by atoms with Gasteiger partial charge in [0.05, 0.1) is 24.7 Å². The normalized spacial score (nSPS) is 11.7. The maximum absolute atomic E-state index is 12.3. The summed E-state index contributed by atoms with van der Waals surface area (Å²) in [6, 6.07) is 9.03. The Hall–Kier alpha value is -3.60. The van der Waals surface area contributed by atoms with Crippen molar-refractivity contribution in [3.05, 3.63) is 76.7 Å². The molecular weight excluding hydrogens is 418 g/mol. The Morgan fingerprint density at radius 1 is 1.13 bits per heavy atom. The molecule has 0 fully saturated rings. The molecule has 11 heteroatoms. The molecule has 10 nitrogen and oxygen atoms in total. The molecule has 0 aliphatic heterocycles. The maximum atomic E-state index is 12.3. The van der Waals surface area contributed by atoms with Crippen LogP contribution in [0, 0.1) is 0 Å². The number of nitrogens with zero attached hydrogens (tertiary/aromatic N) is 7. The number of sulfone groups is 1. The van der Waals surface area contributed by atoms with E-state index in [2.05, 4.69) is 20.3 Å². The van der Waals surface area contributed by atoms with Crippen LogP contribution in [0.1, 0.15) is 11.3 Å². The van der Waals surface area contributed by atoms with E-state index in [4.69, 9.17) is 0 Å². The van der Waals surface area contributed by atoms with Crippen molar-refractivity contribution in [1.29, 1.82) is 0 Å². The summed E-state index contributed by atoms with van der Waals surface area (Å²) in [5.74, 6) is 0.489. The van der Waals surface area contributed by atoms with Crippen LogP contribution in [-0.2, 0) is 29.9 Å². The van der Waals surface area contributed by atoms with E-state index in [0.717, 1.165) is 16.8 Å². The monoisotopic (exact) mass is 439 g/mol. The lowest BCUT2D eigenvalue weighted by molar-refractivity contribution is 0.586. The lowest BCUT2D eigenvalue weighted by Crippen LogP contribution is -2.16. The fourth-order valence-corrected chi connectivity index (χ4v) is 3.57. The SMILES string of the molecule is Cn1cc(-n2ccc(=O)c(Cc3cccc(-c4ncn(CCS(C)(=O)=O)n4)c3)n2)cn1. The van der Waals surface area contributed by atoms with E-state index in [9.17, 15) is 13.2 Å². The summed E-state index contributed by atoms with van der Waals surface area (Å²) >= 11 is 0. The highest BCUT2D eigenvalue weighted by Gasteiger charge is 2.10. The number of rotatable bonds is 7. The van der Waals surface area contributed by atoms with Crippen molar-refractivity contribution in [2.75, 3.05) is 12.0 Å². The van der Waals surface area contributed by atoms with Crippen LogP contribution in [0.25, 0.3) is 17.1 Å². The number of benzene rings is 1. The zero-order valence-corrected chi connectivity index (χ0v) is 17.9. The second-order valence-electron chi connectivity index (χ2n) is 7.28. The summed E-state index contributed by atoms with van der Waals surface area (Å²) in [4.78, 5) is 16.6. The van der Waals surface area contributed by atoms with Crippen molar-refractivity contribution in [2.45, 2.75) is 13.0 Å². The Balaban J connectivity index is 1.56. The van der Waals surface area contributed by atoms with Gasteiger partial charge in [-0.15, -0.1) is 0 Å². The van der Waals surface area contributed by atoms with E-state index in [1.165, 1.54) is 23.3 Å². The highest BCUT2D eigenvalue weighted by molar-refractivity contribution is 7.90. The molecule has 0 N–H and O–H groups in total. The van der Waals surface area contributed by atoms with Crippen LogP contribution in [0.4, 0.5) is 0 Å². The largest absolute Gasteiger partial charge is 0.288 e. The Morgan fingerprint density at radius 3 is 2.71 bits per heavy atom. The molecule has 3 aromatic heterocycles. The van der Waals surface area contributed by atoms with Crippen LogP contribution in [-0.4, -0.2) is 54.8 Å². The number of aryl methyl sites for hydroxylation is 2. The molecule has 0 unspecified atom stereocenters. The summed E-state index contributed by atoms with van der Waals surface area (Å²) in [5, 5.41) is 13.0. The van der Waals surface area contributed by atoms with Gasteiger partial charge in [0, 0.05) is 37.6 Å². The number of aromatic nitrogens is 7. The Kier molecular flexibility index (Phi) is 5.51. The fraction of sp³-hybridized carbons (Fsp3) is 0.250. The number of hydrogen-bond acceptors (Lipinski definition) is 7. The van der Waals surface area contributed by atoms with Crippen LogP contribution in [0.3, 0.4) is 0 Å². The van der Waals surface area contributed by atoms with Gasteiger partial charge in [0.1, 0.15) is 27.5 Å². The van der Waals surface area contributed by atoms with Gasteiger partial charge in [0.25, 0.3) is 0 Å². The molecule has 0 saturated heterocycles. The molecule has 0 saturated carbocycles. The smallest absolute Gasteiger partial charge is 0.203 e. The van der Waals surface area contributed by atoms with E-state index >= 15 is 0 Å². The Labute approximate surface area is 178 Å². The number of hydrogen-bond donors (Lipinski definition) is 0. The zero-order valence-electron chi connectivity index (χ0n) is 17.1. The molecule has 3 heterocycles. The highest BCUT2D eigenvalue weighted by atomic mass is 32.2. The van der Waals surface area contributed by atoms with Gasteiger partial charge < -0.3 is 0 Å². The van der Waals surface area contributed by atoms with Crippen molar-refractivity contribution >= 4 is 9.84 Å². The van der Waals surface area contributed by atoms with Crippen molar-refractivity contribution < 1.29 is 8.42 Å². The molecule has 160 valence electrons. The summed E-state index contributed by atoms with van der Waals surface area (Å²) in [6.45, 7) is 0.243. The van der Waals surface area contributed by atoms with Crippen LogP contribution in [0.5, 0.6) is 0 Å². The Bertz CT molecular complexity index is 1390. The van der Waals surface area contributed by atoms with Crippen molar-refractivity contribution in [2.24, 2.45) is 7.05 Å². The lowest BCUT2D eigenvalue weighted by atomic mass is 10.1. The molecule has 4 aromatic rings. The molecule has 0 atom stereocenters. The minimum Gasteiger partial charge on any atom is -0.288 e. The molecule has 4 rings (SSSR count). The fourth-order valence-electron chi connectivity index (χ4n) is 3.05.